The molecule has 0 aromatic carbocycles. The smallest absolute Gasteiger partial charge is 0.276 e. The Morgan fingerprint density at radius 3 is 2.97 bits per heavy atom. The van der Waals surface area contributed by atoms with Crippen LogP contribution in [0.3, 0.4) is 0 Å². The molecule has 0 saturated carbocycles. The number of alkyl halides is 1. The van der Waals surface area contributed by atoms with Crippen LogP contribution in [0.5, 0.6) is 5.88 Å². The van der Waals surface area contributed by atoms with E-state index in [1.54, 1.807) is 12.1 Å². The number of ether oxygens (including phenoxy) is 2. The lowest BCUT2D eigenvalue weighted by atomic mass is 9.76. The molecule has 0 bridgehead atoms. The van der Waals surface area contributed by atoms with Gasteiger partial charge in [-0.1, -0.05) is 11.8 Å². The average Bonchev–Trinajstić information content (AvgIpc) is 3.17. The van der Waals surface area contributed by atoms with Crippen LogP contribution < -0.4 is 15.8 Å². The van der Waals surface area contributed by atoms with Crippen molar-refractivity contribution >= 4 is 39.2 Å². The van der Waals surface area contributed by atoms with Gasteiger partial charge in [-0.25, -0.2) is 19.4 Å². The second kappa shape index (κ2) is 7.54. The molecule has 3 atom stereocenters. The minimum Gasteiger partial charge on any atom is -0.480 e. The van der Waals surface area contributed by atoms with Crippen molar-refractivity contribution in [3.63, 3.8) is 0 Å². The first-order chi connectivity index (χ1) is 13.8. The van der Waals surface area contributed by atoms with Crippen molar-refractivity contribution in [2.24, 2.45) is 10.7 Å². The number of hydrogen-bond donors (Lipinski definition) is 2. The normalized spacial score (nSPS) is 28.9. The highest BCUT2D eigenvalue weighted by Crippen LogP contribution is 2.53. The van der Waals surface area contributed by atoms with Gasteiger partial charge in [-0.05, 0) is 19.1 Å². The molecule has 4 rings (SSSR count). The van der Waals surface area contributed by atoms with Gasteiger partial charge in [0.2, 0.25) is 5.88 Å². The maximum absolute atomic E-state index is 16.0. The number of methoxy groups -OCH3 is 1. The summed E-state index contributed by atoms with van der Waals surface area (Å²) in [7, 11) is 1.47. The number of thioether (sulfide) groups is 1. The molecule has 3 N–H and O–H groups in total. The number of nitrogens with two attached hydrogens (primary N) is 1. The first-order valence-corrected chi connectivity index (χ1v) is 10.7. The number of carbonyl (C=O) groups is 1. The van der Waals surface area contributed by atoms with Crippen LogP contribution in [-0.4, -0.2) is 52.3 Å². The van der Waals surface area contributed by atoms with Gasteiger partial charge in [0, 0.05) is 17.1 Å². The van der Waals surface area contributed by atoms with Crippen LogP contribution in [0.25, 0.3) is 0 Å². The first-order valence-electron chi connectivity index (χ1n) is 8.91. The number of carbonyl (C=O) groups excluding carboxylic acids is 1. The third-order valence-corrected chi connectivity index (χ3v) is 7.14. The zero-order valence-corrected chi connectivity index (χ0v) is 17.5. The topological polar surface area (TPSA) is 112 Å². The number of anilines is 1. The fourth-order valence-electron chi connectivity index (χ4n) is 3.48. The molecule has 0 radical (unpaired) electrons. The fraction of sp³-hybridized carbons (Fsp3) is 0.444. The summed E-state index contributed by atoms with van der Waals surface area (Å²) < 4.78 is 26.7. The molecule has 1 saturated heterocycles. The summed E-state index contributed by atoms with van der Waals surface area (Å²) in [5.41, 5.74) is 3.31. The van der Waals surface area contributed by atoms with Gasteiger partial charge in [0.15, 0.2) is 16.4 Å². The number of fused-ring (bicyclic) bond motifs is 1. The van der Waals surface area contributed by atoms with Gasteiger partial charge in [0.05, 0.1) is 37.2 Å². The van der Waals surface area contributed by atoms with Crippen LogP contribution in [-0.2, 0) is 10.3 Å². The SMILES string of the molecule is COc1cnc(C(=O)Nc2ccc([C@]34CO[C@@H](C)C[C@@]3(F)CSC(N)=N4)s2)cn1. The lowest BCUT2D eigenvalue weighted by Gasteiger charge is -2.49. The highest BCUT2D eigenvalue weighted by molar-refractivity contribution is 8.13. The quantitative estimate of drug-likeness (QED) is 0.756. The molecule has 2 aromatic rings. The van der Waals surface area contributed by atoms with Crippen molar-refractivity contribution in [2.75, 3.05) is 24.8 Å². The number of nitrogens with zero attached hydrogens (tertiary/aromatic N) is 3. The van der Waals surface area contributed by atoms with Gasteiger partial charge in [-0.15, -0.1) is 11.3 Å². The number of amidine groups is 1. The number of aromatic nitrogens is 2. The average molecular weight is 438 g/mol. The first kappa shape index (κ1) is 20.0. The van der Waals surface area contributed by atoms with E-state index in [2.05, 4.69) is 20.3 Å². The van der Waals surface area contributed by atoms with Crippen molar-refractivity contribution in [1.82, 2.24) is 9.97 Å². The Hall–Kier alpha value is -2.24. The lowest BCUT2D eigenvalue weighted by Crippen LogP contribution is -2.59. The number of hydrogen-bond acceptors (Lipinski definition) is 9. The van der Waals surface area contributed by atoms with E-state index in [1.807, 2.05) is 6.92 Å². The van der Waals surface area contributed by atoms with Crippen molar-refractivity contribution in [2.45, 2.75) is 30.7 Å². The van der Waals surface area contributed by atoms with E-state index < -0.39 is 17.1 Å². The van der Waals surface area contributed by atoms with Crippen LogP contribution in [0, 0.1) is 0 Å². The van der Waals surface area contributed by atoms with E-state index in [4.69, 9.17) is 15.2 Å². The predicted molar refractivity (Wildman–Crippen MR) is 110 cm³/mol. The van der Waals surface area contributed by atoms with Crippen LogP contribution in [0.4, 0.5) is 9.39 Å². The standard InChI is InChI=1S/C18H20FN5O3S2/c1-10-5-17(19)9-28-16(20)24-18(17,8-27-10)12-3-4-14(29-12)23-15(25)11-6-22-13(26-2)7-21-11/h3-4,6-7,10H,5,8-9H2,1-2H3,(H2,20,24)(H,23,25)/t10-,17+,18+/m0/s1. The second-order valence-electron chi connectivity index (χ2n) is 6.95. The summed E-state index contributed by atoms with van der Waals surface area (Å²) in [6, 6.07) is 3.48. The van der Waals surface area contributed by atoms with E-state index in [1.165, 1.54) is 42.6 Å². The molecular weight excluding hydrogens is 417 g/mol. The molecule has 0 unspecified atom stereocenters. The van der Waals surface area contributed by atoms with E-state index in [-0.39, 0.29) is 30.6 Å². The summed E-state index contributed by atoms with van der Waals surface area (Å²) in [4.78, 5) is 25.6. The number of nitrogens with one attached hydrogen (secondary N) is 1. The number of rotatable bonds is 4. The van der Waals surface area contributed by atoms with Gasteiger partial charge in [-0.3, -0.25) is 4.79 Å². The Kier molecular flexibility index (Phi) is 5.21. The highest BCUT2D eigenvalue weighted by atomic mass is 32.2. The molecule has 4 heterocycles. The molecule has 0 spiro atoms. The maximum atomic E-state index is 16.0. The van der Waals surface area contributed by atoms with E-state index in [0.717, 1.165) is 0 Å². The maximum Gasteiger partial charge on any atom is 0.276 e. The molecule has 2 aromatic heterocycles. The summed E-state index contributed by atoms with van der Waals surface area (Å²) in [5.74, 6) is 0.112. The molecule has 154 valence electrons. The van der Waals surface area contributed by atoms with Gasteiger partial charge in [-0.2, -0.15) is 0 Å². The monoisotopic (exact) mass is 437 g/mol. The second-order valence-corrected chi connectivity index (χ2v) is 9.03. The van der Waals surface area contributed by atoms with Crippen LogP contribution in [0.15, 0.2) is 29.5 Å². The van der Waals surface area contributed by atoms with Gasteiger partial charge in [0.25, 0.3) is 5.91 Å². The molecule has 29 heavy (non-hydrogen) atoms. The number of aliphatic imine (C=N–C) groups is 1. The summed E-state index contributed by atoms with van der Waals surface area (Å²) in [5, 5.41) is 3.65. The fourth-order valence-corrected chi connectivity index (χ4v) is 5.55. The van der Waals surface area contributed by atoms with Crippen LogP contribution in [0.2, 0.25) is 0 Å². The largest absolute Gasteiger partial charge is 0.480 e. The van der Waals surface area contributed by atoms with Crippen LogP contribution >= 0.6 is 23.1 Å². The molecular formula is C18H20FN5O3S2. The van der Waals surface area contributed by atoms with Gasteiger partial charge >= 0.3 is 0 Å². The number of amides is 1. The molecule has 8 nitrogen and oxygen atoms in total. The van der Waals surface area contributed by atoms with Crippen molar-refractivity contribution in [3.8, 4) is 5.88 Å². The Bertz CT molecular complexity index is 953. The Morgan fingerprint density at radius 2 is 2.24 bits per heavy atom. The number of halogens is 1. The minimum atomic E-state index is -1.58. The molecule has 2 aliphatic rings. The molecule has 0 aliphatic carbocycles. The zero-order valence-electron chi connectivity index (χ0n) is 15.8. The third kappa shape index (κ3) is 3.58. The summed E-state index contributed by atoms with van der Waals surface area (Å²) in [6.45, 7) is 1.96. The van der Waals surface area contributed by atoms with Gasteiger partial charge in [0.1, 0.15) is 5.69 Å². The van der Waals surface area contributed by atoms with Crippen molar-refractivity contribution < 1.29 is 18.7 Å². The summed E-state index contributed by atoms with van der Waals surface area (Å²) in [6.07, 6.45) is 2.73. The van der Waals surface area contributed by atoms with Crippen molar-refractivity contribution in [3.05, 3.63) is 35.1 Å². The summed E-state index contributed by atoms with van der Waals surface area (Å²) >= 11 is 2.47. The van der Waals surface area contributed by atoms with Crippen LogP contribution in [0.1, 0.15) is 28.7 Å². The van der Waals surface area contributed by atoms with E-state index >= 15 is 4.39 Å². The Labute approximate surface area is 175 Å². The molecule has 2 aliphatic heterocycles. The highest BCUT2D eigenvalue weighted by Gasteiger charge is 2.60. The molecule has 1 amide bonds. The zero-order chi connectivity index (χ0) is 20.6. The van der Waals surface area contributed by atoms with E-state index in [0.29, 0.717) is 20.9 Å². The molecule has 11 heteroatoms. The predicted octanol–water partition coefficient (Wildman–Crippen LogP) is 2.57. The number of thiophene rings is 1. The Morgan fingerprint density at radius 1 is 1.41 bits per heavy atom. The van der Waals surface area contributed by atoms with Crippen molar-refractivity contribution in [1.29, 1.82) is 0 Å². The molecule has 1 fully saturated rings. The van der Waals surface area contributed by atoms with Gasteiger partial charge < -0.3 is 20.5 Å². The van der Waals surface area contributed by atoms with E-state index in [9.17, 15) is 4.79 Å². The minimum absolute atomic E-state index is 0.101. The third-order valence-electron chi connectivity index (χ3n) is 5.00. The lowest BCUT2D eigenvalue weighted by molar-refractivity contribution is -0.105. The Balaban J connectivity index is 1.60.